The van der Waals surface area contributed by atoms with E-state index in [0.29, 0.717) is 0 Å². The van der Waals surface area contributed by atoms with Gasteiger partial charge in [-0.25, -0.2) is 4.79 Å². The third kappa shape index (κ3) is 4.28. The van der Waals surface area contributed by atoms with E-state index in [-0.39, 0.29) is 42.9 Å². The zero-order valence-corrected chi connectivity index (χ0v) is 20.1. The first-order chi connectivity index (χ1) is 16.8. The minimum atomic E-state index is -0.906. The number of nitrogens with one attached hydrogen (secondary N) is 2. The lowest BCUT2D eigenvalue weighted by molar-refractivity contribution is -0.145. The number of aliphatic carboxylic acids is 1. The van der Waals surface area contributed by atoms with Crippen molar-refractivity contribution in [3.8, 4) is 11.1 Å². The molecule has 5 rings (SSSR count). The molecular weight excluding hydrogens is 444 g/mol. The van der Waals surface area contributed by atoms with Crippen LogP contribution in [0.3, 0.4) is 0 Å². The number of carboxylic acid groups (broad SMARTS) is 1. The minimum absolute atomic E-state index is 0.0322. The van der Waals surface area contributed by atoms with Gasteiger partial charge in [0.25, 0.3) is 0 Å². The number of benzene rings is 2. The maximum Gasteiger partial charge on any atom is 0.407 e. The molecule has 3 aliphatic rings. The summed E-state index contributed by atoms with van der Waals surface area (Å²) in [5, 5.41) is 15.4. The Morgan fingerprint density at radius 2 is 1.57 bits per heavy atom. The molecule has 3 aliphatic carbocycles. The Bertz CT molecular complexity index is 1110. The van der Waals surface area contributed by atoms with Gasteiger partial charge >= 0.3 is 12.1 Å². The van der Waals surface area contributed by atoms with Crippen molar-refractivity contribution >= 4 is 18.0 Å². The van der Waals surface area contributed by atoms with Crippen molar-refractivity contribution < 1.29 is 24.2 Å². The van der Waals surface area contributed by atoms with Crippen molar-refractivity contribution in [3.63, 3.8) is 0 Å². The lowest BCUT2D eigenvalue weighted by Crippen LogP contribution is -2.53. The van der Waals surface area contributed by atoms with E-state index in [9.17, 15) is 19.5 Å². The van der Waals surface area contributed by atoms with E-state index in [1.807, 2.05) is 24.3 Å². The molecule has 2 amide bonds. The average molecular weight is 477 g/mol. The van der Waals surface area contributed by atoms with Gasteiger partial charge in [-0.2, -0.15) is 0 Å². The van der Waals surface area contributed by atoms with Gasteiger partial charge in [-0.15, -0.1) is 0 Å². The third-order valence-corrected chi connectivity index (χ3v) is 8.13. The zero-order valence-electron chi connectivity index (χ0n) is 20.1. The molecule has 35 heavy (non-hydrogen) atoms. The fourth-order valence-corrected chi connectivity index (χ4v) is 6.22. The number of rotatable bonds is 7. The molecule has 0 heterocycles. The Balaban J connectivity index is 1.16. The molecule has 2 aromatic carbocycles. The van der Waals surface area contributed by atoms with Crippen molar-refractivity contribution in [2.75, 3.05) is 13.2 Å². The molecule has 4 atom stereocenters. The number of hydrogen-bond acceptors (Lipinski definition) is 4. The van der Waals surface area contributed by atoms with Gasteiger partial charge < -0.3 is 20.5 Å². The second kappa shape index (κ2) is 9.02. The van der Waals surface area contributed by atoms with E-state index in [1.54, 1.807) is 13.8 Å². The molecule has 0 aromatic heterocycles. The summed E-state index contributed by atoms with van der Waals surface area (Å²) < 4.78 is 5.58. The highest BCUT2D eigenvalue weighted by atomic mass is 16.5. The first-order valence-electron chi connectivity index (χ1n) is 12.4. The van der Waals surface area contributed by atoms with Crippen LogP contribution in [0.4, 0.5) is 4.79 Å². The standard InChI is InChI=1S/C28H32N2O5/c1-28(2,26(33)30-24-17-12-11-16(13-17)23(24)25(31)32)15-29-27(34)35-14-22-20-9-5-3-7-18(20)19-8-4-6-10-21(19)22/h3-10,16-17,22-24H,11-15H2,1-2H3,(H,29,34)(H,30,33)(H,31,32). The number of carbonyl (C=O) groups is 3. The van der Waals surface area contributed by atoms with Crippen LogP contribution in [-0.4, -0.2) is 42.3 Å². The summed E-state index contributed by atoms with van der Waals surface area (Å²) >= 11 is 0. The van der Waals surface area contributed by atoms with E-state index < -0.39 is 23.4 Å². The van der Waals surface area contributed by atoms with Crippen molar-refractivity contribution in [2.45, 2.75) is 45.1 Å². The van der Waals surface area contributed by atoms with Gasteiger partial charge in [0.2, 0.25) is 5.91 Å². The van der Waals surface area contributed by atoms with E-state index in [0.717, 1.165) is 41.5 Å². The summed E-state index contributed by atoms with van der Waals surface area (Å²) in [6.45, 7) is 3.79. The van der Waals surface area contributed by atoms with Crippen LogP contribution in [-0.2, 0) is 14.3 Å². The number of amides is 2. The van der Waals surface area contributed by atoms with Gasteiger partial charge in [-0.05, 0) is 67.2 Å². The fraction of sp³-hybridized carbons (Fsp3) is 0.464. The monoisotopic (exact) mass is 476 g/mol. The normalized spacial score (nSPS) is 24.5. The smallest absolute Gasteiger partial charge is 0.407 e. The van der Waals surface area contributed by atoms with Gasteiger partial charge in [-0.3, -0.25) is 9.59 Å². The molecule has 7 nitrogen and oxygen atoms in total. The van der Waals surface area contributed by atoms with Crippen LogP contribution >= 0.6 is 0 Å². The average Bonchev–Trinajstić information content (AvgIpc) is 3.53. The summed E-state index contributed by atoms with van der Waals surface area (Å²) in [4.78, 5) is 37.3. The molecule has 2 aromatic rings. The predicted molar refractivity (Wildman–Crippen MR) is 131 cm³/mol. The summed E-state index contributed by atoms with van der Waals surface area (Å²) in [5.74, 6) is -1.28. The van der Waals surface area contributed by atoms with Crippen molar-refractivity contribution in [1.82, 2.24) is 10.6 Å². The molecule has 7 heteroatoms. The SMILES string of the molecule is CC(C)(CNC(=O)OCC1c2ccccc2-c2ccccc21)C(=O)NC1C2CCC(C2)C1C(=O)O. The topological polar surface area (TPSA) is 105 Å². The van der Waals surface area contributed by atoms with Crippen LogP contribution < -0.4 is 10.6 Å². The molecule has 2 saturated carbocycles. The molecule has 0 spiro atoms. The number of fused-ring (bicyclic) bond motifs is 5. The lowest BCUT2D eigenvalue weighted by atomic mass is 9.83. The Labute approximate surface area is 205 Å². The lowest BCUT2D eigenvalue weighted by Gasteiger charge is -2.32. The third-order valence-electron chi connectivity index (χ3n) is 8.13. The van der Waals surface area contributed by atoms with Crippen LogP contribution in [0.5, 0.6) is 0 Å². The maximum atomic E-state index is 13.0. The number of carboxylic acids is 1. The van der Waals surface area contributed by atoms with Crippen LogP contribution in [0, 0.1) is 23.2 Å². The van der Waals surface area contributed by atoms with Crippen LogP contribution in [0.1, 0.15) is 50.2 Å². The quantitative estimate of drug-likeness (QED) is 0.556. The van der Waals surface area contributed by atoms with Crippen molar-refractivity contribution in [3.05, 3.63) is 59.7 Å². The highest BCUT2D eigenvalue weighted by molar-refractivity contribution is 5.84. The largest absolute Gasteiger partial charge is 0.481 e. The van der Waals surface area contributed by atoms with Crippen molar-refractivity contribution in [1.29, 1.82) is 0 Å². The van der Waals surface area contributed by atoms with Gasteiger partial charge in [0.05, 0.1) is 11.3 Å². The Kier molecular flexibility index (Phi) is 6.03. The molecule has 2 fully saturated rings. The molecule has 0 saturated heterocycles. The highest BCUT2D eigenvalue weighted by Gasteiger charge is 2.52. The van der Waals surface area contributed by atoms with Crippen LogP contribution in [0.15, 0.2) is 48.5 Å². The zero-order chi connectivity index (χ0) is 24.7. The van der Waals surface area contributed by atoms with Gasteiger partial charge in [0.1, 0.15) is 6.61 Å². The van der Waals surface area contributed by atoms with E-state index in [1.165, 1.54) is 0 Å². The van der Waals surface area contributed by atoms with E-state index in [4.69, 9.17) is 4.74 Å². The summed E-state index contributed by atoms with van der Waals surface area (Å²) in [6, 6.07) is 16.0. The summed E-state index contributed by atoms with van der Waals surface area (Å²) in [5.41, 5.74) is 3.70. The number of ether oxygens (including phenoxy) is 1. The number of alkyl carbamates (subject to hydrolysis) is 1. The molecule has 2 bridgehead atoms. The highest BCUT2D eigenvalue weighted by Crippen LogP contribution is 2.49. The summed E-state index contributed by atoms with van der Waals surface area (Å²) in [7, 11) is 0. The molecule has 3 N–H and O–H groups in total. The first-order valence-corrected chi connectivity index (χ1v) is 12.4. The number of carbonyl (C=O) groups excluding carboxylic acids is 2. The fourth-order valence-electron chi connectivity index (χ4n) is 6.22. The Morgan fingerprint density at radius 3 is 2.20 bits per heavy atom. The summed E-state index contributed by atoms with van der Waals surface area (Å²) in [6.07, 6.45) is 2.16. The van der Waals surface area contributed by atoms with Gasteiger partial charge in [0.15, 0.2) is 0 Å². The van der Waals surface area contributed by atoms with E-state index in [2.05, 4.69) is 34.9 Å². The molecule has 4 unspecified atom stereocenters. The van der Waals surface area contributed by atoms with Crippen molar-refractivity contribution in [2.24, 2.45) is 23.2 Å². The maximum absolute atomic E-state index is 13.0. The Morgan fingerprint density at radius 1 is 0.971 bits per heavy atom. The van der Waals surface area contributed by atoms with Crippen LogP contribution in [0.2, 0.25) is 0 Å². The molecular formula is C28H32N2O5. The number of hydrogen-bond donors (Lipinski definition) is 3. The molecule has 184 valence electrons. The van der Waals surface area contributed by atoms with Gasteiger partial charge in [-0.1, -0.05) is 48.5 Å². The Hall–Kier alpha value is -3.35. The van der Waals surface area contributed by atoms with E-state index >= 15 is 0 Å². The minimum Gasteiger partial charge on any atom is -0.481 e. The van der Waals surface area contributed by atoms with Crippen LogP contribution in [0.25, 0.3) is 11.1 Å². The molecule has 0 radical (unpaired) electrons. The second-order valence-corrected chi connectivity index (χ2v) is 10.8. The predicted octanol–water partition coefficient (Wildman–Crippen LogP) is 4.17. The first kappa shape index (κ1) is 23.4. The van der Waals surface area contributed by atoms with Gasteiger partial charge in [0, 0.05) is 18.5 Å². The molecule has 0 aliphatic heterocycles. The second-order valence-electron chi connectivity index (χ2n) is 10.8.